The summed E-state index contributed by atoms with van der Waals surface area (Å²) in [6, 6.07) is 8.72. The van der Waals surface area contributed by atoms with Gasteiger partial charge in [-0.15, -0.1) is 0 Å². The number of aryl methyl sites for hydroxylation is 1. The van der Waals surface area contributed by atoms with Crippen molar-refractivity contribution in [2.24, 2.45) is 5.73 Å². The fourth-order valence-corrected chi connectivity index (χ4v) is 2.76. The monoisotopic (exact) mass is 260 g/mol. The van der Waals surface area contributed by atoms with Crippen LogP contribution in [0.4, 0.5) is 0 Å². The van der Waals surface area contributed by atoms with Gasteiger partial charge in [-0.2, -0.15) is 0 Å². The Hall–Kier alpha value is -1.35. The zero-order valence-corrected chi connectivity index (χ0v) is 11.9. The Morgan fingerprint density at radius 2 is 2.05 bits per heavy atom. The third kappa shape index (κ3) is 3.57. The normalized spacial score (nSPS) is 21.2. The summed E-state index contributed by atoms with van der Waals surface area (Å²) in [4.78, 5) is 14.3. The Morgan fingerprint density at radius 3 is 2.68 bits per heavy atom. The molecule has 1 heterocycles. The number of carbonyl (C=O) groups excluding carboxylic acids is 1. The van der Waals surface area contributed by atoms with Crippen LogP contribution in [0.2, 0.25) is 0 Å². The molecule has 104 valence electrons. The number of benzene rings is 1. The SMILES string of the molecule is Cc1ccc(C2CCCCN2C(=O)CC(C)N)cc1. The highest BCUT2D eigenvalue weighted by atomic mass is 16.2. The van der Waals surface area contributed by atoms with Crippen molar-refractivity contribution in [3.63, 3.8) is 0 Å². The van der Waals surface area contributed by atoms with E-state index in [-0.39, 0.29) is 18.0 Å². The lowest BCUT2D eigenvalue weighted by molar-refractivity contribution is -0.135. The van der Waals surface area contributed by atoms with E-state index in [9.17, 15) is 4.79 Å². The highest BCUT2D eigenvalue weighted by Gasteiger charge is 2.27. The molecule has 1 aromatic carbocycles. The number of nitrogens with zero attached hydrogens (tertiary/aromatic N) is 1. The summed E-state index contributed by atoms with van der Waals surface area (Å²) in [5, 5.41) is 0. The number of hydrogen-bond acceptors (Lipinski definition) is 2. The molecule has 0 bridgehead atoms. The molecule has 0 radical (unpaired) electrons. The minimum Gasteiger partial charge on any atom is -0.336 e. The van der Waals surface area contributed by atoms with Crippen LogP contribution in [0.3, 0.4) is 0 Å². The number of rotatable bonds is 3. The quantitative estimate of drug-likeness (QED) is 0.908. The van der Waals surface area contributed by atoms with Gasteiger partial charge in [0.05, 0.1) is 6.04 Å². The van der Waals surface area contributed by atoms with Gasteiger partial charge in [0.2, 0.25) is 5.91 Å². The smallest absolute Gasteiger partial charge is 0.224 e. The number of hydrogen-bond donors (Lipinski definition) is 1. The van der Waals surface area contributed by atoms with E-state index in [1.807, 2.05) is 11.8 Å². The van der Waals surface area contributed by atoms with Crippen molar-refractivity contribution in [3.8, 4) is 0 Å². The van der Waals surface area contributed by atoms with Crippen LogP contribution in [0.1, 0.15) is 49.8 Å². The van der Waals surface area contributed by atoms with Gasteiger partial charge in [-0.05, 0) is 38.7 Å². The van der Waals surface area contributed by atoms with Crippen LogP contribution in [-0.4, -0.2) is 23.4 Å². The van der Waals surface area contributed by atoms with Gasteiger partial charge < -0.3 is 10.6 Å². The molecular weight excluding hydrogens is 236 g/mol. The van der Waals surface area contributed by atoms with E-state index in [1.165, 1.54) is 17.5 Å². The molecule has 2 rings (SSSR count). The second kappa shape index (κ2) is 6.20. The molecule has 1 aromatic rings. The topological polar surface area (TPSA) is 46.3 Å². The second-order valence-electron chi connectivity index (χ2n) is 5.69. The van der Waals surface area contributed by atoms with Crippen LogP contribution in [0, 0.1) is 6.92 Å². The van der Waals surface area contributed by atoms with Gasteiger partial charge >= 0.3 is 0 Å². The van der Waals surface area contributed by atoms with Crippen molar-refractivity contribution in [2.75, 3.05) is 6.54 Å². The number of nitrogens with two attached hydrogens (primary N) is 1. The van der Waals surface area contributed by atoms with Gasteiger partial charge in [0, 0.05) is 19.0 Å². The van der Waals surface area contributed by atoms with Crippen molar-refractivity contribution >= 4 is 5.91 Å². The van der Waals surface area contributed by atoms with E-state index in [2.05, 4.69) is 31.2 Å². The molecule has 3 nitrogen and oxygen atoms in total. The predicted molar refractivity (Wildman–Crippen MR) is 77.8 cm³/mol. The average Bonchev–Trinajstić information content (AvgIpc) is 2.39. The maximum absolute atomic E-state index is 12.3. The van der Waals surface area contributed by atoms with E-state index < -0.39 is 0 Å². The van der Waals surface area contributed by atoms with Gasteiger partial charge in [0.15, 0.2) is 0 Å². The molecule has 2 unspecified atom stereocenters. The highest BCUT2D eigenvalue weighted by Crippen LogP contribution is 2.31. The first-order valence-electron chi connectivity index (χ1n) is 7.19. The summed E-state index contributed by atoms with van der Waals surface area (Å²) in [5.74, 6) is 0.195. The van der Waals surface area contributed by atoms with E-state index in [4.69, 9.17) is 5.73 Å². The molecular formula is C16H24N2O. The molecule has 1 aliphatic heterocycles. The number of carbonyl (C=O) groups is 1. The van der Waals surface area contributed by atoms with Crippen LogP contribution < -0.4 is 5.73 Å². The minimum absolute atomic E-state index is 0.0619. The molecule has 3 heteroatoms. The lowest BCUT2D eigenvalue weighted by Crippen LogP contribution is -2.40. The molecule has 2 atom stereocenters. The zero-order chi connectivity index (χ0) is 13.8. The molecule has 0 spiro atoms. The maximum atomic E-state index is 12.3. The average molecular weight is 260 g/mol. The summed E-state index contributed by atoms with van der Waals surface area (Å²) < 4.78 is 0. The standard InChI is InChI=1S/C16H24N2O/c1-12-6-8-14(9-7-12)15-5-3-4-10-18(15)16(19)11-13(2)17/h6-9,13,15H,3-5,10-11,17H2,1-2H3. The fraction of sp³-hybridized carbons (Fsp3) is 0.562. The molecule has 1 saturated heterocycles. The highest BCUT2D eigenvalue weighted by molar-refractivity contribution is 5.77. The van der Waals surface area contributed by atoms with Crippen molar-refractivity contribution in [3.05, 3.63) is 35.4 Å². The van der Waals surface area contributed by atoms with Gasteiger partial charge in [0.1, 0.15) is 0 Å². The van der Waals surface area contributed by atoms with E-state index in [1.54, 1.807) is 0 Å². The van der Waals surface area contributed by atoms with Crippen molar-refractivity contribution in [1.29, 1.82) is 0 Å². The predicted octanol–water partition coefficient (Wildman–Crippen LogP) is 2.79. The zero-order valence-electron chi connectivity index (χ0n) is 11.9. The van der Waals surface area contributed by atoms with Crippen molar-refractivity contribution in [1.82, 2.24) is 4.90 Å². The summed E-state index contributed by atoms with van der Waals surface area (Å²) in [7, 11) is 0. The van der Waals surface area contributed by atoms with Crippen LogP contribution in [0.25, 0.3) is 0 Å². The summed E-state index contributed by atoms with van der Waals surface area (Å²) in [5.41, 5.74) is 8.27. The molecule has 19 heavy (non-hydrogen) atoms. The maximum Gasteiger partial charge on any atom is 0.224 e. The first kappa shape index (κ1) is 14.1. The Kier molecular flexibility index (Phi) is 4.59. The first-order chi connectivity index (χ1) is 9.08. The van der Waals surface area contributed by atoms with E-state index in [0.717, 1.165) is 19.4 Å². The Balaban J connectivity index is 2.15. The lowest BCUT2D eigenvalue weighted by Gasteiger charge is -2.36. The second-order valence-corrected chi connectivity index (χ2v) is 5.69. The van der Waals surface area contributed by atoms with E-state index >= 15 is 0 Å². The molecule has 1 aliphatic rings. The van der Waals surface area contributed by atoms with Gasteiger partial charge in [-0.25, -0.2) is 0 Å². The van der Waals surface area contributed by atoms with Crippen LogP contribution in [0.5, 0.6) is 0 Å². The van der Waals surface area contributed by atoms with Crippen LogP contribution in [-0.2, 0) is 4.79 Å². The van der Waals surface area contributed by atoms with Gasteiger partial charge in [-0.3, -0.25) is 4.79 Å². The molecule has 1 amide bonds. The Labute approximate surface area is 115 Å². The van der Waals surface area contributed by atoms with Gasteiger partial charge in [-0.1, -0.05) is 29.8 Å². The number of amides is 1. The molecule has 0 aromatic heterocycles. The van der Waals surface area contributed by atoms with E-state index in [0.29, 0.717) is 6.42 Å². The van der Waals surface area contributed by atoms with Crippen LogP contribution >= 0.6 is 0 Å². The molecule has 0 saturated carbocycles. The van der Waals surface area contributed by atoms with Crippen LogP contribution in [0.15, 0.2) is 24.3 Å². The summed E-state index contributed by atoms with van der Waals surface area (Å²) >= 11 is 0. The third-order valence-electron chi connectivity index (χ3n) is 3.78. The lowest BCUT2D eigenvalue weighted by atomic mass is 9.94. The largest absolute Gasteiger partial charge is 0.336 e. The molecule has 2 N–H and O–H groups in total. The first-order valence-corrected chi connectivity index (χ1v) is 7.19. The Morgan fingerprint density at radius 1 is 1.37 bits per heavy atom. The third-order valence-corrected chi connectivity index (χ3v) is 3.78. The van der Waals surface area contributed by atoms with Gasteiger partial charge in [0.25, 0.3) is 0 Å². The number of piperidine rings is 1. The molecule has 1 fully saturated rings. The number of likely N-dealkylation sites (tertiary alicyclic amines) is 1. The molecule has 0 aliphatic carbocycles. The Bertz CT molecular complexity index is 425. The summed E-state index contributed by atoms with van der Waals surface area (Å²) in [6.07, 6.45) is 3.81. The summed E-state index contributed by atoms with van der Waals surface area (Å²) in [6.45, 7) is 4.84. The van der Waals surface area contributed by atoms with Crippen molar-refractivity contribution < 1.29 is 4.79 Å². The minimum atomic E-state index is -0.0619. The fourth-order valence-electron chi connectivity index (χ4n) is 2.76. The van der Waals surface area contributed by atoms with Crippen molar-refractivity contribution in [2.45, 2.75) is 51.6 Å².